The Morgan fingerprint density at radius 2 is 2.00 bits per heavy atom. The number of amides is 1. The number of nitrogens with one attached hydrogen (secondary N) is 1. The Morgan fingerprint density at radius 1 is 1.15 bits per heavy atom. The van der Waals surface area contributed by atoms with Crippen LogP contribution in [0.1, 0.15) is 37.6 Å². The quantitative estimate of drug-likeness (QED) is 0.663. The number of unbranched alkanes of at least 4 members (excludes halogenated alkanes) is 1. The fourth-order valence-electron chi connectivity index (χ4n) is 2.55. The standard InChI is InChI=1S/C20H22N4O2/c1-2-3-5-15-7-9-17(10-8-15)22-18(25)11-12-19-23-20(24-26-19)16-6-4-13-21-14-16/h4,6-10,13-14H,2-3,5,11-12H2,1H3,(H,22,25). The normalized spacial score (nSPS) is 10.7. The zero-order valence-electron chi connectivity index (χ0n) is 14.8. The van der Waals surface area contributed by atoms with Crippen molar-refractivity contribution in [3.05, 3.63) is 60.2 Å². The van der Waals surface area contributed by atoms with Gasteiger partial charge in [0.1, 0.15) is 0 Å². The SMILES string of the molecule is CCCCc1ccc(NC(=O)CCc2nc(-c3cccnc3)no2)cc1. The first kappa shape index (κ1) is 17.8. The van der Waals surface area contributed by atoms with Crippen molar-refractivity contribution in [3.8, 4) is 11.4 Å². The van der Waals surface area contributed by atoms with Gasteiger partial charge < -0.3 is 9.84 Å². The van der Waals surface area contributed by atoms with Crippen molar-refractivity contribution in [1.29, 1.82) is 0 Å². The molecule has 0 aliphatic heterocycles. The van der Waals surface area contributed by atoms with E-state index in [1.54, 1.807) is 12.4 Å². The first-order valence-corrected chi connectivity index (χ1v) is 8.86. The predicted molar refractivity (Wildman–Crippen MR) is 99.5 cm³/mol. The molecule has 26 heavy (non-hydrogen) atoms. The van der Waals surface area contributed by atoms with Crippen LogP contribution in [-0.2, 0) is 17.6 Å². The second kappa shape index (κ2) is 8.89. The highest BCUT2D eigenvalue weighted by atomic mass is 16.5. The van der Waals surface area contributed by atoms with E-state index < -0.39 is 0 Å². The maximum Gasteiger partial charge on any atom is 0.227 e. The maximum absolute atomic E-state index is 12.1. The van der Waals surface area contributed by atoms with Crippen molar-refractivity contribution in [3.63, 3.8) is 0 Å². The molecule has 6 nitrogen and oxygen atoms in total. The third kappa shape index (κ3) is 4.99. The van der Waals surface area contributed by atoms with Gasteiger partial charge in [-0.05, 0) is 42.7 Å². The molecular formula is C20H22N4O2. The first-order valence-electron chi connectivity index (χ1n) is 8.86. The Balaban J connectivity index is 1.49. The number of hydrogen-bond acceptors (Lipinski definition) is 5. The molecule has 2 heterocycles. The lowest BCUT2D eigenvalue weighted by Crippen LogP contribution is -2.12. The number of aromatic nitrogens is 3. The molecule has 0 saturated heterocycles. The summed E-state index contributed by atoms with van der Waals surface area (Å²) < 4.78 is 5.20. The number of benzene rings is 1. The lowest BCUT2D eigenvalue weighted by molar-refractivity contribution is -0.116. The molecule has 0 fully saturated rings. The van der Waals surface area contributed by atoms with E-state index in [0.29, 0.717) is 18.1 Å². The summed E-state index contributed by atoms with van der Waals surface area (Å²) in [5, 5.41) is 6.82. The van der Waals surface area contributed by atoms with Crippen LogP contribution in [0, 0.1) is 0 Å². The zero-order valence-corrected chi connectivity index (χ0v) is 14.8. The minimum atomic E-state index is -0.0764. The second-order valence-corrected chi connectivity index (χ2v) is 6.10. The molecule has 134 valence electrons. The van der Waals surface area contributed by atoms with E-state index in [1.165, 1.54) is 18.4 Å². The van der Waals surface area contributed by atoms with E-state index in [-0.39, 0.29) is 12.3 Å². The van der Waals surface area contributed by atoms with Crippen LogP contribution in [-0.4, -0.2) is 21.0 Å². The monoisotopic (exact) mass is 350 g/mol. The molecule has 0 aliphatic rings. The lowest BCUT2D eigenvalue weighted by atomic mass is 10.1. The first-order chi connectivity index (χ1) is 12.7. The molecule has 6 heteroatoms. The molecule has 1 aromatic carbocycles. The van der Waals surface area contributed by atoms with E-state index in [0.717, 1.165) is 17.7 Å². The predicted octanol–water partition coefficient (Wildman–Crippen LogP) is 4.05. The molecule has 0 unspecified atom stereocenters. The number of rotatable bonds is 8. The molecule has 0 atom stereocenters. The van der Waals surface area contributed by atoms with Crippen LogP contribution in [0.5, 0.6) is 0 Å². The molecule has 1 N–H and O–H groups in total. The van der Waals surface area contributed by atoms with Crippen molar-refractivity contribution in [2.24, 2.45) is 0 Å². The topological polar surface area (TPSA) is 80.9 Å². The fourth-order valence-corrected chi connectivity index (χ4v) is 2.55. The summed E-state index contributed by atoms with van der Waals surface area (Å²) in [5.74, 6) is 0.845. The van der Waals surface area contributed by atoms with Crippen molar-refractivity contribution in [2.75, 3.05) is 5.32 Å². The lowest BCUT2D eigenvalue weighted by Gasteiger charge is -2.05. The van der Waals surface area contributed by atoms with Gasteiger partial charge in [-0.2, -0.15) is 4.98 Å². The highest BCUT2D eigenvalue weighted by Gasteiger charge is 2.11. The summed E-state index contributed by atoms with van der Waals surface area (Å²) in [7, 11) is 0. The van der Waals surface area contributed by atoms with E-state index in [2.05, 4.69) is 39.5 Å². The van der Waals surface area contributed by atoms with Crippen LogP contribution >= 0.6 is 0 Å². The van der Waals surface area contributed by atoms with Crippen molar-refractivity contribution < 1.29 is 9.32 Å². The summed E-state index contributed by atoms with van der Waals surface area (Å²) in [6.45, 7) is 2.18. The van der Waals surface area contributed by atoms with Gasteiger partial charge >= 0.3 is 0 Å². The van der Waals surface area contributed by atoms with E-state index in [9.17, 15) is 4.79 Å². The Labute approximate surface area is 152 Å². The van der Waals surface area contributed by atoms with Gasteiger partial charge in [0.25, 0.3) is 0 Å². The van der Waals surface area contributed by atoms with E-state index in [1.807, 2.05) is 24.3 Å². The molecule has 3 aromatic rings. The minimum Gasteiger partial charge on any atom is -0.339 e. The Bertz CT molecular complexity index is 829. The van der Waals surface area contributed by atoms with Crippen LogP contribution in [0.2, 0.25) is 0 Å². The Morgan fingerprint density at radius 3 is 2.73 bits per heavy atom. The van der Waals surface area contributed by atoms with Gasteiger partial charge in [-0.3, -0.25) is 9.78 Å². The molecule has 1 amide bonds. The number of pyridine rings is 1. The Kier molecular flexibility index (Phi) is 6.09. The maximum atomic E-state index is 12.1. The van der Waals surface area contributed by atoms with Crippen LogP contribution in [0.25, 0.3) is 11.4 Å². The average Bonchev–Trinajstić information content (AvgIpc) is 3.16. The minimum absolute atomic E-state index is 0.0764. The number of anilines is 1. The van der Waals surface area contributed by atoms with Crippen LogP contribution in [0.4, 0.5) is 5.69 Å². The zero-order chi connectivity index (χ0) is 18.2. The van der Waals surface area contributed by atoms with Gasteiger partial charge in [0, 0.05) is 36.5 Å². The van der Waals surface area contributed by atoms with Gasteiger partial charge in [-0.15, -0.1) is 0 Å². The number of aryl methyl sites for hydroxylation is 2. The van der Waals surface area contributed by atoms with Crippen molar-refractivity contribution in [1.82, 2.24) is 15.1 Å². The summed E-state index contributed by atoms with van der Waals surface area (Å²) in [4.78, 5) is 20.4. The number of nitrogens with zero attached hydrogens (tertiary/aromatic N) is 3. The van der Waals surface area contributed by atoms with Gasteiger partial charge in [-0.25, -0.2) is 0 Å². The summed E-state index contributed by atoms with van der Waals surface area (Å²) >= 11 is 0. The van der Waals surface area contributed by atoms with Gasteiger partial charge in [0.15, 0.2) is 0 Å². The second-order valence-electron chi connectivity index (χ2n) is 6.10. The average molecular weight is 350 g/mol. The molecule has 0 radical (unpaired) electrons. The highest BCUT2D eigenvalue weighted by molar-refractivity contribution is 5.90. The van der Waals surface area contributed by atoms with Crippen LogP contribution in [0.15, 0.2) is 53.3 Å². The van der Waals surface area contributed by atoms with Gasteiger partial charge in [0.05, 0.1) is 0 Å². The van der Waals surface area contributed by atoms with Crippen molar-refractivity contribution >= 4 is 11.6 Å². The Hall–Kier alpha value is -3.02. The fraction of sp³-hybridized carbons (Fsp3) is 0.300. The van der Waals surface area contributed by atoms with Crippen LogP contribution in [0.3, 0.4) is 0 Å². The molecule has 2 aromatic heterocycles. The van der Waals surface area contributed by atoms with Crippen LogP contribution < -0.4 is 5.32 Å². The number of hydrogen-bond donors (Lipinski definition) is 1. The third-order valence-electron chi connectivity index (χ3n) is 4.01. The summed E-state index contributed by atoms with van der Waals surface area (Å²) in [6.07, 6.45) is 7.46. The highest BCUT2D eigenvalue weighted by Crippen LogP contribution is 2.15. The smallest absolute Gasteiger partial charge is 0.227 e. The molecular weight excluding hydrogens is 328 g/mol. The van der Waals surface area contributed by atoms with E-state index in [4.69, 9.17) is 4.52 Å². The molecule has 0 spiro atoms. The third-order valence-corrected chi connectivity index (χ3v) is 4.01. The largest absolute Gasteiger partial charge is 0.339 e. The summed E-state index contributed by atoms with van der Waals surface area (Å²) in [6, 6.07) is 11.7. The van der Waals surface area contributed by atoms with Crippen molar-refractivity contribution in [2.45, 2.75) is 39.0 Å². The molecule has 3 rings (SSSR count). The van der Waals surface area contributed by atoms with E-state index >= 15 is 0 Å². The molecule has 0 aliphatic carbocycles. The summed E-state index contributed by atoms with van der Waals surface area (Å²) in [5.41, 5.74) is 2.88. The molecule has 0 saturated carbocycles. The number of carbonyl (C=O) groups excluding carboxylic acids is 1. The molecule has 0 bridgehead atoms. The van der Waals surface area contributed by atoms with Gasteiger partial charge in [-0.1, -0.05) is 30.6 Å². The number of carbonyl (C=O) groups is 1. The van der Waals surface area contributed by atoms with Gasteiger partial charge in [0.2, 0.25) is 17.6 Å².